The molecule has 0 aliphatic heterocycles. The third kappa shape index (κ3) is 11.6. The van der Waals surface area contributed by atoms with Crippen molar-refractivity contribution in [2.24, 2.45) is 11.8 Å². The zero-order valence-electron chi connectivity index (χ0n) is 22.8. The van der Waals surface area contributed by atoms with Crippen LogP contribution >= 0.6 is 24.8 Å². The van der Waals surface area contributed by atoms with Gasteiger partial charge in [-0.05, 0) is 12.5 Å². The first-order valence-electron chi connectivity index (χ1n) is 13.2. The number of fused-ring (bicyclic) bond motifs is 1. The molecule has 0 N–H and O–H groups in total. The Morgan fingerprint density at radius 3 is 1.61 bits per heavy atom. The molecule has 200 valence electrons. The van der Waals surface area contributed by atoms with Gasteiger partial charge in [0.15, 0.2) is 0 Å². The summed E-state index contributed by atoms with van der Waals surface area (Å²) in [6, 6.07) is 17.6. The first kappa shape index (κ1) is 35.7. The van der Waals surface area contributed by atoms with Gasteiger partial charge in [-0.2, -0.15) is 17.4 Å². The molecule has 4 heteroatoms. The fourth-order valence-corrected chi connectivity index (χ4v) is 5.00. The summed E-state index contributed by atoms with van der Waals surface area (Å²) < 4.78 is 0. The van der Waals surface area contributed by atoms with E-state index < -0.39 is 0 Å². The Bertz CT molecular complexity index is 952. The fraction of sp³-hybridized carbons (Fsp3) is 0.469. The van der Waals surface area contributed by atoms with Crippen molar-refractivity contribution in [1.29, 1.82) is 0 Å². The van der Waals surface area contributed by atoms with Gasteiger partial charge in [-0.25, -0.2) is 0 Å². The average molecular weight is 622 g/mol. The van der Waals surface area contributed by atoms with Gasteiger partial charge in [0.2, 0.25) is 0 Å². The van der Waals surface area contributed by atoms with Crippen LogP contribution < -0.4 is 0 Å². The summed E-state index contributed by atoms with van der Waals surface area (Å²) in [5.41, 5.74) is 6.74. The topological polar surface area (TPSA) is 0 Å². The number of rotatable bonds is 1. The van der Waals surface area contributed by atoms with E-state index in [2.05, 4.69) is 83.1 Å². The van der Waals surface area contributed by atoms with Crippen molar-refractivity contribution < 1.29 is 23.3 Å². The van der Waals surface area contributed by atoms with Gasteiger partial charge in [0, 0.05) is 0 Å². The van der Waals surface area contributed by atoms with Crippen LogP contribution in [-0.4, -0.2) is 6.88 Å². The van der Waals surface area contributed by atoms with E-state index in [1.807, 2.05) is 6.88 Å². The number of benzene rings is 2. The molecule has 3 aromatic rings. The minimum absolute atomic E-state index is 0. The zero-order chi connectivity index (χ0) is 24.9. The molecular weight excluding hydrogens is 575 g/mol. The van der Waals surface area contributed by atoms with Crippen LogP contribution in [0.25, 0.3) is 21.9 Å². The summed E-state index contributed by atoms with van der Waals surface area (Å²) >= 11 is 1.58. The Labute approximate surface area is 251 Å². The number of hydrogen-bond donors (Lipinski definition) is 0. The van der Waals surface area contributed by atoms with Gasteiger partial charge in [0.05, 0.1) is 0 Å². The van der Waals surface area contributed by atoms with Gasteiger partial charge in [0.25, 0.3) is 0 Å². The summed E-state index contributed by atoms with van der Waals surface area (Å²) in [7, 11) is 0. The molecule has 2 fully saturated rings. The molecule has 0 bridgehead atoms. The van der Waals surface area contributed by atoms with Gasteiger partial charge in [-0.3, -0.25) is 0 Å². The van der Waals surface area contributed by atoms with E-state index in [0.29, 0.717) is 0 Å². The van der Waals surface area contributed by atoms with E-state index in [1.165, 1.54) is 103 Å². The van der Waals surface area contributed by atoms with Crippen LogP contribution in [-0.2, 0) is 23.3 Å². The van der Waals surface area contributed by atoms with Crippen LogP contribution in [0.4, 0.5) is 0 Å². The standard InChI is InChI=1S/C18H17.2C7H13.2ClH.H2Si.Zr/c1-12-7-9-15(10-8-12)17-6-4-5-16-11-13(2)14(3)18(16)17;2*1-7-5-3-2-4-6-7;;;;/h4-11H,1-3H3;2*7H,1-6H2;2*1H;1H2;/q3*-1;;;;. The first-order chi connectivity index (χ1) is 16.5. The van der Waals surface area contributed by atoms with Crippen LogP contribution in [0.1, 0.15) is 80.9 Å². The fourth-order valence-electron chi connectivity index (χ4n) is 5.00. The number of hydrogen-bond acceptors (Lipinski definition) is 0. The Kier molecular flexibility index (Phi) is 19.6. The first-order valence-corrected chi connectivity index (χ1v) is 19.1. The molecule has 2 aliphatic rings. The second-order valence-corrected chi connectivity index (χ2v) is 10.1. The van der Waals surface area contributed by atoms with E-state index in [-0.39, 0.29) is 24.8 Å². The molecule has 0 radical (unpaired) electrons. The summed E-state index contributed by atoms with van der Waals surface area (Å²) in [6.07, 6.45) is 14.1. The summed E-state index contributed by atoms with van der Waals surface area (Å²) in [4.78, 5) is 0. The Balaban J connectivity index is 0.000000568. The van der Waals surface area contributed by atoms with Gasteiger partial charge >= 0.3 is 30.2 Å². The van der Waals surface area contributed by atoms with Crippen LogP contribution in [0.15, 0.2) is 48.5 Å². The third-order valence-electron chi connectivity index (χ3n) is 7.25. The van der Waals surface area contributed by atoms with Gasteiger partial charge < -0.3 is 13.8 Å². The van der Waals surface area contributed by atoms with E-state index in [9.17, 15) is 0 Å². The molecule has 0 nitrogen and oxygen atoms in total. The maximum atomic E-state index is 4.00. The molecule has 2 saturated carbocycles. The predicted molar refractivity (Wildman–Crippen MR) is 166 cm³/mol. The molecular formula is C32H47Cl2SiZr-3. The Morgan fingerprint density at radius 1 is 0.722 bits per heavy atom. The van der Waals surface area contributed by atoms with E-state index in [4.69, 9.17) is 0 Å². The van der Waals surface area contributed by atoms with Gasteiger partial charge in [-0.1, -0.05) is 120 Å². The molecule has 0 atom stereocenters. The second kappa shape index (κ2) is 19.7. The van der Waals surface area contributed by atoms with Crippen molar-refractivity contribution in [3.63, 3.8) is 0 Å². The maximum absolute atomic E-state index is 4.00. The average Bonchev–Trinajstić information content (AvgIpc) is 3.16. The van der Waals surface area contributed by atoms with Crippen molar-refractivity contribution in [2.75, 3.05) is 0 Å². The van der Waals surface area contributed by atoms with Gasteiger partial charge in [0.1, 0.15) is 0 Å². The minimum atomic E-state index is 0. The SMILES string of the molecule is Cc1ccc(-c2cccc3[cH-]c(C)c(C)c23)cc1.Cl.Cl.[CH2-]C1CCCCC1.[CH2-]C1CCCCC1.[SiH2]=[Zr]. The Hall–Kier alpha value is -0.270. The van der Waals surface area contributed by atoms with E-state index >= 15 is 0 Å². The molecule has 0 saturated heterocycles. The van der Waals surface area contributed by atoms with E-state index in [1.54, 1.807) is 23.3 Å². The normalized spacial score (nSPS) is 15.4. The van der Waals surface area contributed by atoms with Crippen molar-refractivity contribution in [3.05, 3.63) is 79.1 Å². The van der Waals surface area contributed by atoms with Crippen molar-refractivity contribution in [3.8, 4) is 11.1 Å². The molecule has 0 amide bonds. The predicted octanol–water partition coefficient (Wildman–Crippen LogP) is 9.88. The summed E-state index contributed by atoms with van der Waals surface area (Å²) in [5.74, 6) is 1.57. The second-order valence-electron chi connectivity index (χ2n) is 10.1. The molecule has 0 heterocycles. The molecule has 2 aliphatic carbocycles. The van der Waals surface area contributed by atoms with Crippen LogP contribution in [0.3, 0.4) is 0 Å². The van der Waals surface area contributed by atoms with Crippen LogP contribution in [0, 0.1) is 46.5 Å². The van der Waals surface area contributed by atoms with Gasteiger partial charge in [-0.15, -0.1) is 59.3 Å². The monoisotopic (exact) mass is 619 g/mol. The summed E-state index contributed by atoms with van der Waals surface area (Å²) in [5, 5.41) is 2.75. The zero-order valence-corrected chi connectivity index (χ0v) is 28.3. The quantitative estimate of drug-likeness (QED) is 0.187. The third-order valence-corrected chi connectivity index (χ3v) is 7.25. The molecule has 0 spiro atoms. The molecule has 5 rings (SSSR count). The molecule has 3 aromatic carbocycles. The number of aryl methyl sites for hydroxylation is 3. The summed E-state index contributed by atoms with van der Waals surface area (Å²) in [6.45, 7) is 16.5. The van der Waals surface area contributed by atoms with Crippen LogP contribution in [0.2, 0.25) is 0 Å². The molecule has 0 aromatic heterocycles. The van der Waals surface area contributed by atoms with Crippen molar-refractivity contribution >= 4 is 42.5 Å². The van der Waals surface area contributed by atoms with Crippen molar-refractivity contribution in [2.45, 2.75) is 85.0 Å². The molecule has 36 heavy (non-hydrogen) atoms. The number of halogens is 2. The van der Waals surface area contributed by atoms with Crippen molar-refractivity contribution in [1.82, 2.24) is 0 Å². The van der Waals surface area contributed by atoms with E-state index in [0.717, 1.165) is 11.8 Å². The molecule has 0 unspecified atom stereocenters. The van der Waals surface area contributed by atoms with Crippen LogP contribution in [0.5, 0.6) is 0 Å². The Morgan fingerprint density at radius 2 is 1.19 bits per heavy atom.